The van der Waals surface area contributed by atoms with Crippen LogP contribution in [0.2, 0.25) is 10.0 Å². The molecule has 1 aromatic heterocycles. The number of aromatic nitrogens is 1. The van der Waals surface area contributed by atoms with Gasteiger partial charge in [0.2, 0.25) is 0 Å². The molecule has 0 N–H and O–H groups in total. The third-order valence-corrected chi connectivity index (χ3v) is 3.81. The van der Waals surface area contributed by atoms with Gasteiger partial charge in [0.05, 0.1) is 10.4 Å². The van der Waals surface area contributed by atoms with Crippen LogP contribution in [0.4, 0.5) is 0 Å². The maximum absolute atomic E-state index is 6.41. The summed E-state index contributed by atoms with van der Waals surface area (Å²) < 4.78 is 0. The minimum Gasteiger partial charge on any atom is -0.263 e. The van der Waals surface area contributed by atoms with Crippen LogP contribution < -0.4 is 0 Å². The van der Waals surface area contributed by atoms with E-state index in [1.165, 1.54) is 0 Å². The standard InChI is InChI=1S/C14H12Cl3N/c1-9-2-3-11(12(15)6-9)13(16)7-10-4-5-18-8-14(10)17/h2-6,8,13H,7H2,1H3. The molecule has 0 radical (unpaired) electrons. The van der Waals surface area contributed by atoms with Crippen LogP contribution in [0.1, 0.15) is 22.1 Å². The van der Waals surface area contributed by atoms with E-state index in [0.717, 1.165) is 16.7 Å². The number of alkyl halides is 1. The number of benzene rings is 1. The highest BCUT2D eigenvalue weighted by atomic mass is 35.5. The molecule has 94 valence electrons. The van der Waals surface area contributed by atoms with E-state index in [0.29, 0.717) is 16.5 Å². The highest BCUT2D eigenvalue weighted by Crippen LogP contribution is 2.32. The molecular formula is C14H12Cl3N. The van der Waals surface area contributed by atoms with E-state index in [-0.39, 0.29) is 5.38 Å². The van der Waals surface area contributed by atoms with Gasteiger partial charge in [-0.1, -0.05) is 35.3 Å². The average Bonchev–Trinajstić information content (AvgIpc) is 2.32. The molecule has 2 aromatic rings. The Morgan fingerprint density at radius 3 is 2.61 bits per heavy atom. The lowest BCUT2D eigenvalue weighted by Crippen LogP contribution is -1.98. The van der Waals surface area contributed by atoms with Crippen molar-refractivity contribution in [3.8, 4) is 0 Å². The fraction of sp³-hybridized carbons (Fsp3) is 0.214. The molecule has 2 rings (SSSR count). The molecule has 4 heteroatoms. The first kappa shape index (κ1) is 13.7. The number of hydrogen-bond acceptors (Lipinski definition) is 1. The van der Waals surface area contributed by atoms with Gasteiger partial charge in [0.15, 0.2) is 0 Å². The first-order valence-corrected chi connectivity index (χ1v) is 6.75. The molecule has 1 nitrogen and oxygen atoms in total. The summed E-state index contributed by atoms with van der Waals surface area (Å²) in [6.45, 7) is 2.00. The van der Waals surface area contributed by atoms with E-state index >= 15 is 0 Å². The van der Waals surface area contributed by atoms with E-state index in [2.05, 4.69) is 4.98 Å². The number of pyridine rings is 1. The molecule has 0 aliphatic carbocycles. The highest BCUT2D eigenvalue weighted by molar-refractivity contribution is 6.33. The molecular weight excluding hydrogens is 289 g/mol. The molecule has 0 fully saturated rings. The summed E-state index contributed by atoms with van der Waals surface area (Å²) in [5.74, 6) is 0. The largest absolute Gasteiger partial charge is 0.263 e. The molecule has 0 amide bonds. The lowest BCUT2D eigenvalue weighted by molar-refractivity contribution is 0.916. The van der Waals surface area contributed by atoms with E-state index in [4.69, 9.17) is 34.8 Å². The van der Waals surface area contributed by atoms with Crippen molar-refractivity contribution < 1.29 is 0 Å². The van der Waals surface area contributed by atoms with Crippen molar-refractivity contribution in [1.82, 2.24) is 4.98 Å². The third-order valence-electron chi connectivity index (χ3n) is 2.75. The van der Waals surface area contributed by atoms with Gasteiger partial charge in [-0.3, -0.25) is 4.98 Å². The van der Waals surface area contributed by atoms with E-state index in [1.807, 2.05) is 31.2 Å². The Morgan fingerprint density at radius 2 is 1.94 bits per heavy atom. The second-order valence-electron chi connectivity index (χ2n) is 4.16. The van der Waals surface area contributed by atoms with Crippen molar-refractivity contribution >= 4 is 34.8 Å². The van der Waals surface area contributed by atoms with Gasteiger partial charge in [-0.2, -0.15) is 0 Å². The second kappa shape index (κ2) is 5.92. The molecule has 1 heterocycles. The van der Waals surface area contributed by atoms with Gasteiger partial charge in [0, 0.05) is 17.4 Å². The molecule has 1 aromatic carbocycles. The summed E-state index contributed by atoms with van der Waals surface area (Å²) in [4.78, 5) is 3.95. The molecule has 0 bridgehead atoms. The van der Waals surface area contributed by atoms with E-state index < -0.39 is 0 Å². The molecule has 0 saturated heterocycles. The van der Waals surface area contributed by atoms with Crippen molar-refractivity contribution in [3.63, 3.8) is 0 Å². The van der Waals surface area contributed by atoms with E-state index in [9.17, 15) is 0 Å². The van der Waals surface area contributed by atoms with Crippen molar-refractivity contribution in [2.24, 2.45) is 0 Å². The Labute approximate surface area is 122 Å². The zero-order valence-electron chi connectivity index (χ0n) is 9.83. The summed E-state index contributed by atoms with van der Waals surface area (Å²) in [5.41, 5.74) is 3.02. The van der Waals surface area contributed by atoms with Crippen molar-refractivity contribution in [2.45, 2.75) is 18.7 Å². The Bertz CT molecular complexity index is 554. The van der Waals surface area contributed by atoms with Crippen LogP contribution in [0.25, 0.3) is 0 Å². The molecule has 0 aliphatic rings. The molecule has 0 aliphatic heterocycles. The fourth-order valence-electron chi connectivity index (χ4n) is 1.76. The van der Waals surface area contributed by atoms with Crippen LogP contribution in [0, 0.1) is 6.92 Å². The van der Waals surface area contributed by atoms with Crippen LogP contribution >= 0.6 is 34.8 Å². The van der Waals surface area contributed by atoms with Crippen LogP contribution in [-0.4, -0.2) is 4.98 Å². The van der Waals surface area contributed by atoms with Crippen LogP contribution in [0.15, 0.2) is 36.7 Å². The lowest BCUT2D eigenvalue weighted by atomic mass is 10.0. The first-order valence-electron chi connectivity index (χ1n) is 5.56. The predicted molar refractivity (Wildman–Crippen MR) is 77.7 cm³/mol. The third kappa shape index (κ3) is 3.17. The van der Waals surface area contributed by atoms with E-state index in [1.54, 1.807) is 12.4 Å². The maximum Gasteiger partial charge on any atom is 0.0640 e. The zero-order valence-corrected chi connectivity index (χ0v) is 12.1. The molecule has 1 unspecified atom stereocenters. The highest BCUT2D eigenvalue weighted by Gasteiger charge is 2.14. The normalized spacial score (nSPS) is 12.4. The number of hydrogen-bond donors (Lipinski definition) is 0. The van der Waals surface area contributed by atoms with Gasteiger partial charge in [-0.25, -0.2) is 0 Å². The van der Waals surface area contributed by atoms with Crippen LogP contribution in [0.5, 0.6) is 0 Å². The number of halogens is 3. The number of nitrogens with zero attached hydrogens (tertiary/aromatic N) is 1. The average molecular weight is 301 g/mol. The fourth-order valence-corrected chi connectivity index (χ4v) is 2.73. The van der Waals surface area contributed by atoms with Gasteiger partial charge >= 0.3 is 0 Å². The molecule has 0 spiro atoms. The second-order valence-corrected chi connectivity index (χ2v) is 5.50. The monoisotopic (exact) mass is 299 g/mol. The quantitative estimate of drug-likeness (QED) is 0.708. The van der Waals surface area contributed by atoms with Gasteiger partial charge in [0.25, 0.3) is 0 Å². The number of aryl methyl sites for hydroxylation is 1. The summed E-state index contributed by atoms with van der Waals surface area (Å²) in [5, 5.41) is 1.13. The van der Waals surface area contributed by atoms with Crippen molar-refractivity contribution in [1.29, 1.82) is 0 Å². The van der Waals surface area contributed by atoms with Gasteiger partial charge in [0.1, 0.15) is 0 Å². The minimum absolute atomic E-state index is 0.196. The summed E-state index contributed by atoms with van der Waals surface area (Å²) >= 11 is 18.7. The molecule has 1 atom stereocenters. The molecule has 18 heavy (non-hydrogen) atoms. The van der Waals surface area contributed by atoms with Crippen LogP contribution in [0.3, 0.4) is 0 Å². The minimum atomic E-state index is -0.196. The lowest BCUT2D eigenvalue weighted by Gasteiger charge is -2.13. The predicted octanol–water partition coefficient (Wildman–Crippen LogP) is 5.22. The summed E-state index contributed by atoms with van der Waals surface area (Å²) in [6.07, 6.45) is 3.96. The number of rotatable bonds is 3. The Kier molecular flexibility index (Phi) is 4.50. The molecule has 0 saturated carbocycles. The SMILES string of the molecule is Cc1ccc(C(Cl)Cc2ccncc2Cl)c(Cl)c1. The first-order chi connectivity index (χ1) is 8.58. The zero-order chi connectivity index (χ0) is 13.1. The Hall–Kier alpha value is -0.760. The Morgan fingerprint density at radius 1 is 1.17 bits per heavy atom. The van der Waals surface area contributed by atoms with Gasteiger partial charge < -0.3 is 0 Å². The maximum atomic E-state index is 6.41. The van der Waals surface area contributed by atoms with Crippen molar-refractivity contribution in [2.75, 3.05) is 0 Å². The summed E-state index contributed by atoms with van der Waals surface area (Å²) in [6, 6.07) is 7.76. The van der Waals surface area contributed by atoms with Gasteiger partial charge in [-0.05, 0) is 42.2 Å². The van der Waals surface area contributed by atoms with Crippen molar-refractivity contribution in [3.05, 3.63) is 63.4 Å². The summed E-state index contributed by atoms with van der Waals surface area (Å²) in [7, 11) is 0. The van der Waals surface area contributed by atoms with Crippen LogP contribution in [-0.2, 0) is 6.42 Å². The topological polar surface area (TPSA) is 12.9 Å². The Balaban J connectivity index is 2.22. The smallest absolute Gasteiger partial charge is 0.0640 e. The van der Waals surface area contributed by atoms with Gasteiger partial charge in [-0.15, -0.1) is 11.6 Å².